The standard InChI is InChI=1S/C9H9ClN2O2/c10-6-2-4-8(12(13)14)9-5(6)1-3-7(9)11/h2,4,7H,1,3,11H2/t7-/m1/s1. The lowest BCUT2D eigenvalue weighted by molar-refractivity contribution is -0.385. The number of rotatable bonds is 1. The van der Waals surface area contributed by atoms with E-state index in [1.54, 1.807) is 6.07 Å². The van der Waals surface area contributed by atoms with Crippen LogP contribution in [0.15, 0.2) is 12.1 Å². The number of hydrogen-bond acceptors (Lipinski definition) is 3. The fraction of sp³-hybridized carbons (Fsp3) is 0.333. The van der Waals surface area contributed by atoms with Crippen molar-refractivity contribution in [1.82, 2.24) is 0 Å². The Labute approximate surface area is 85.8 Å². The first-order valence-electron chi connectivity index (χ1n) is 4.32. The van der Waals surface area contributed by atoms with Gasteiger partial charge in [-0.2, -0.15) is 0 Å². The first-order valence-corrected chi connectivity index (χ1v) is 4.70. The van der Waals surface area contributed by atoms with E-state index in [4.69, 9.17) is 17.3 Å². The van der Waals surface area contributed by atoms with E-state index in [1.165, 1.54) is 6.07 Å². The number of nitrogens with two attached hydrogens (primary N) is 1. The van der Waals surface area contributed by atoms with Crippen LogP contribution in [-0.2, 0) is 6.42 Å². The van der Waals surface area contributed by atoms with Gasteiger partial charge < -0.3 is 5.73 Å². The van der Waals surface area contributed by atoms with Crippen molar-refractivity contribution >= 4 is 17.3 Å². The molecule has 1 aliphatic rings. The Hall–Kier alpha value is -1.13. The van der Waals surface area contributed by atoms with Crippen molar-refractivity contribution in [3.8, 4) is 0 Å². The molecule has 5 heteroatoms. The average molecular weight is 213 g/mol. The van der Waals surface area contributed by atoms with Crippen LogP contribution >= 0.6 is 11.6 Å². The van der Waals surface area contributed by atoms with Crippen molar-refractivity contribution in [2.75, 3.05) is 0 Å². The van der Waals surface area contributed by atoms with Gasteiger partial charge in [0, 0.05) is 17.1 Å². The van der Waals surface area contributed by atoms with Crippen molar-refractivity contribution < 1.29 is 4.92 Å². The van der Waals surface area contributed by atoms with Crippen molar-refractivity contribution in [3.63, 3.8) is 0 Å². The van der Waals surface area contributed by atoms with Crippen LogP contribution in [0.5, 0.6) is 0 Å². The Morgan fingerprint density at radius 2 is 2.29 bits per heavy atom. The number of fused-ring (bicyclic) bond motifs is 1. The third-order valence-corrected chi connectivity index (χ3v) is 2.90. The van der Waals surface area contributed by atoms with E-state index in [0.29, 0.717) is 10.6 Å². The largest absolute Gasteiger partial charge is 0.324 e. The smallest absolute Gasteiger partial charge is 0.274 e. The molecule has 14 heavy (non-hydrogen) atoms. The summed E-state index contributed by atoms with van der Waals surface area (Å²) in [5, 5.41) is 11.3. The lowest BCUT2D eigenvalue weighted by Gasteiger charge is -2.06. The fourth-order valence-electron chi connectivity index (χ4n) is 1.90. The molecule has 0 aromatic heterocycles. The van der Waals surface area contributed by atoms with E-state index in [2.05, 4.69) is 0 Å². The maximum atomic E-state index is 10.7. The third-order valence-electron chi connectivity index (χ3n) is 2.55. The molecule has 0 spiro atoms. The van der Waals surface area contributed by atoms with Gasteiger partial charge in [-0.1, -0.05) is 11.6 Å². The van der Waals surface area contributed by atoms with Crippen LogP contribution in [0.1, 0.15) is 23.6 Å². The van der Waals surface area contributed by atoms with Crippen molar-refractivity contribution in [3.05, 3.63) is 38.4 Å². The lowest BCUT2D eigenvalue weighted by Crippen LogP contribution is -2.08. The van der Waals surface area contributed by atoms with Gasteiger partial charge in [-0.15, -0.1) is 0 Å². The Balaban J connectivity index is 2.66. The Morgan fingerprint density at radius 1 is 1.57 bits per heavy atom. The summed E-state index contributed by atoms with van der Waals surface area (Å²) in [6.07, 6.45) is 1.47. The minimum atomic E-state index is -0.402. The second-order valence-corrected chi connectivity index (χ2v) is 3.77. The summed E-state index contributed by atoms with van der Waals surface area (Å²) in [4.78, 5) is 10.3. The molecular formula is C9H9ClN2O2. The highest BCUT2D eigenvalue weighted by Gasteiger charge is 2.29. The Morgan fingerprint density at radius 3 is 2.93 bits per heavy atom. The maximum Gasteiger partial charge on any atom is 0.274 e. The molecule has 0 unspecified atom stereocenters. The van der Waals surface area contributed by atoms with E-state index in [9.17, 15) is 10.1 Å². The summed E-state index contributed by atoms with van der Waals surface area (Å²) >= 11 is 5.93. The topological polar surface area (TPSA) is 69.2 Å². The van der Waals surface area contributed by atoms with Crippen molar-refractivity contribution in [2.24, 2.45) is 5.73 Å². The highest BCUT2D eigenvalue weighted by atomic mass is 35.5. The van der Waals surface area contributed by atoms with E-state index in [1.807, 2.05) is 0 Å². The summed E-state index contributed by atoms with van der Waals surface area (Å²) in [5.74, 6) is 0. The molecule has 0 aliphatic heterocycles. The van der Waals surface area contributed by atoms with E-state index >= 15 is 0 Å². The fourth-order valence-corrected chi connectivity index (χ4v) is 2.16. The van der Waals surface area contributed by atoms with Gasteiger partial charge in [-0.3, -0.25) is 10.1 Å². The molecule has 1 aromatic rings. The summed E-state index contributed by atoms with van der Waals surface area (Å²) < 4.78 is 0. The molecule has 0 bridgehead atoms. The Kier molecular flexibility index (Phi) is 2.17. The monoisotopic (exact) mass is 212 g/mol. The molecule has 0 saturated heterocycles. The molecule has 1 atom stereocenters. The predicted octanol–water partition coefficient (Wildman–Crippen LogP) is 2.19. The zero-order valence-electron chi connectivity index (χ0n) is 7.37. The van der Waals surface area contributed by atoms with E-state index in [0.717, 1.165) is 18.4 Å². The molecular weight excluding hydrogens is 204 g/mol. The van der Waals surface area contributed by atoms with Crippen molar-refractivity contribution in [1.29, 1.82) is 0 Å². The van der Waals surface area contributed by atoms with Crippen LogP contribution in [0.2, 0.25) is 5.02 Å². The van der Waals surface area contributed by atoms with Crippen LogP contribution in [-0.4, -0.2) is 4.92 Å². The minimum Gasteiger partial charge on any atom is -0.324 e. The molecule has 0 saturated carbocycles. The van der Waals surface area contributed by atoms with Gasteiger partial charge in [0.2, 0.25) is 0 Å². The lowest BCUT2D eigenvalue weighted by atomic mass is 10.1. The van der Waals surface area contributed by atoms with Gasteiger partial charge in [0.25, 0.3) is 5.69 Å². The quantitative estimate of drug-likeness (QED) is 0.573. The summed E-state index contributed by atoms with van der Waals surface area (Å²) in [6.45, 7) is 0. The van der Waals surface area contributed by atoms with Gasteiger partial charge in [-0.25, -0.2) is 0 Å². The highest BCUT2D eigenvalue weighted by Crippen LogP contribution is 2.39. The predicted molar refractivity (Wildman–Crippen MR) is 53.4 cm³/mol. The zero-order chi connectivity index (χ0) is 10.3. The number of benzene rings is 1. The molecule has 0 heterocycles. The van der Waals surface area contributed by atoms with Crippen LogP contribution in [0.25, 0.3) is 0 Å². The van der Waals surface area contributed by atoms with Gasteiger partial charge in [0.05, 0.1) is 10.5 Å². The van der Waals surface area contributed by atoms with E-state index in [-0.39, 0.29) is 11.7 Å². The SMILES string of the molecule is N[C@@H]1CCc2c(Cl)ccc([N+](=O)[O-])c21. The first kappa shape index (κ1) is 9.43. The number of nitro groups is 1. The molecule has 1 aromatic carbocycles. The number of hydrogen-bond donors (Lipinski definition) is 1. The Bertz CT molecular complexity index is 406. The summed E-state index contributed by atoms with van der Waals surface area (Å²) in [5.41, 5.74) is 7.34. The highest BCUT2D eigenvalue weighted by molar-refractivity contribution is 6.31. The number of halogens is 1. The minimum absolute atomic E-state index is 0.0920. The molecule has 0 fully saturated rings. The first-order chi connectivity index (χ1) is 6.61. The van der Waals surface area contributed by atoms with Gasteiger partial charge in [-0.05, 0) is 24.5 Å². The summed E-state index contributed by atoms with van der Waals surface area (Å²) in [6, 6.07) is 2.74. The van der Waals surface area contributed by atoms with Crippen LogP contribution in [0.3, 0.4) is 0 Å². The molecule has 2 N–H and O–H groups in total. The zero-order valence-corrected chi connectivity index (χ0v) is 8.12. The maximum absolute atomic E-state index is 10.7. The molecule has 0 radical (unpaired) electrons. The van der Waals surface area contributed by atoms with Crippen LogP contribution < -0.4 is 5.73 Å². The summed E-state index contributed by atoms with van der Waals surface area (Å²) in [7, 11) is 0. The molecule has 4 nitrogen and oxygen atoms in total. The van der Waals surface area contributed by atoms with Crippen molar-refractivity contribution in [2.45, 2.75) is 18.9 Å². The van der Waals surface area contributed by atoms with E-state index < -0.39 is 4.92 Å². The second kappa shape index (κ2) is 3.22. The molecule has 0 amide bonds. The second-order valence-electron chi connectivity index (χ2n) is 3.36. The third kappa shape index (κ3) is 1.27. The number of nitrogens with zero attached hydrogens (tertiary/aromatic N) is 1. The normalized spacial score (nSPS) is 19.4. The molecule has 1 aliphatic carbocycles. The van der Waals surface area contributed by atoms with Gasteiger partial charge in [0.1, 0.15) is 0 Å². The van der Waals surface area contributed by atoms with Gasteiger partial charge in [0.15, 0.2) is 0 Å². The van der Waals surface area contributed by atoms with Crippen LogP contribution in [0.4, 0.5) is 5.69 Å². The van der Waals surface area contributed by atoms with Gasteiger partial charge >= 0.3 is 0 Å². The molecule has 2 rings (SSSR count). The van der Waals surface area contributed by atoms with Crippen LogP contribution in [0, 0.1) is 10.1 Å². The average Bonchev–Trinajstić information content (AvgIpc) is 2.50. The number of nitro benzene ring substituents is 1. The molecule has 74 valence electrons.